The number of aromatic nitrogens is 2. The van der Waals surface area contributed by atoms with E-state index in [4.69, 9.17) is 0 Å². The molecule has 18 heavy (non-hydrogen) atoms. The first-order valence-electron chi connectivity index (χ1n) is 5.05. The summed E-state index contributed by atoms with van der Waals surface area (Å²) in [6, 6.07) is 6.49. The van der Waals surface area contributed by atoms with Crippen LogP contribution in [0.1, 0.15) is 0 Å². The minimum absolute atomic E-state index is 0.124. The van der Waals surface area contributed by atoms with Gasteiger partial charge in [-0.3, -0.25) is 9.71 Å². The summed E-state index contributed by atoms with van der Waals surface area (Å²) in [5.41, 5.74) is 0.427. The van der Waals surface area contributed by atoms with Crippen molar-refractivity contribution in [3.63, 3.8) is 0 Å². The lowest BCUT2D eigenvalue weighted by Gasteiger charge is -2.07. The van der Waals surface area contributed by atoms with Crippen LogP contribution in [-0.2, 0) is 10.0 Å². The summed E-state index contributed by atoms with van der Waals surface area (Å²) in [6.07, 6.45) is 6.21. The van der Waals surface area contributed by atoms with E-state index >= 15 is 0 Å². The topological polar surface area (TPSA) is 72.0 Å². The smallest absolute Gasteiger partial charge is 0.263 e. The van der Waals surface area contributed by atoms with Crippen molar-refractivity contribution in [2.75, 3.05) is 11.0 Å². The molecule has 0 fully saturated rings. The van der Waals surface area contributed by atoms with Crippen molar-refractivity contribution in [1.29, 1.82) is 0 Å². The highest BCUT2D eigenvalue weighted by atomic mass is 32.2. The molecule has 2 aromatic rings. The van der Waals surface area contributed by atoms with E-state index in [1.807, 2.05) is 6.26 Å². The number of sulfonamides is 1. The highest BCUT2D eigenvalue weighted by molar-refractivity contribution is 7.98. The van der Waals surface area contributed by atoms with Crippen LogP contribution in [0, 0.1) is 0 Å². The van der Waals surface area contributed by atoms with Crippen molar-refractivity contribution in [2.24, 2.45) is 0 Å². The van der Waals surface area contributed by atoms with E-state index < -0.39 is 10.0 Å². The van der Waals surface area contributed by atoms with Gasteiger partial charge < -0.3 is 0 Å². The summed E-state index contributed by atoms with van der Waals surface area (Å²) < 4.78 is 26.4. The van der Waals surface area contributed by atoms with Crippen LogP contribution in [0.15, 0.2) is 52.8 Å². The molecule has 0 saturated carbocycles. The van der Waals surface area contributed by atoms with E-state index in [0.29, 0.717) is 5.69 Å². The van der Waals surface area contributed by atoms with Crippen LogP contribution >= 0.6 is 11.8 Å². The van der Waals surface area contributed by atoms with Crippen molar-refractivity contribution in [3.8, 4) is 0 Å². The number of pyridine rings is 2. The lowest BCUT2D eigenvalue weighted by Crippen LogP contribution is -2.13. The quantitative estimate of drug-likeness (QED) is 0.868. The average Bonchev–Trinajstić information content (AvgIpc) is 2.40. The SMILES string of the molecule is CSc1ccc(NS(=O)(=O)c2cccnc2)cn1. The fourth-order valence-electron chi connectivity index (χ4n) is 1.28. The maximum absolute atomic E-state index is 12.0. The minimum Gasteiger partial charge on any atom is -0.278 e. The van der Waals surface area contributed by atoms with Gasteiger partial charge in [0.2, 0.25) is 0 Å². The van der Waals surface area contributed by atoms with E-state index in [0.717, 1.165) is 5.03 Å². The zero-order chi connectivity index (χ0) is 13.0. The van der Waals surface area contributed by atoms with Gasteiger partial charge in [-0.2, -0.15) is 0 Å². The minimum atomic E-state index is -3.59. The Kier molecular flexibility index (Phi) is 3.83. The molecular weight excluding hydrogens is 270 g/mol. The maximum atomic E-state index is 12.0. The van der Waals surface area contributed by atoms with Gasteiger partial charge in [0.1, 0.15) is 4.90 Å². The molecule has 0 aliphatic rings. The normalized spacial score (nSPS) is 11.2. The van der Waals surface area contributed by atoms with E-state index in [1.165, 1.54) is 36.4 Å². The largest absolute Gasteiger partial charge is 0.278 e. The summed E-state index contributed by atoms with van der Waals surface area (Å²) in [4.78, 5) is 8.00. The van der Waals surface area contributed by atoms with Crippen LogP contribution in [0.5, 0.6) is 0 Å². The van der Waals surface area contributed by atoms with Crippen LogP contribution in [0.2, 0.25) is 0 Å². The van der Waals surface area contributed by atoms with E-state index in [9.17, 15) is 8.42 Å². The Hall–Kier alpha value is -1.60. The third-order valence-corrected chi connectivity index (χ3v) is 4.17. The Labute approximate surface area is 110 Å². The Morgan fingerprint density at radius 3 is 2.61 bits per heavy atom. The molecule has 2 rings (SSSR count). The molecule has 0 amide bonds. The average molecular weight is 281 g/mol. The third-order valence-electron chi connectivity index (χ3n) is 2.14. The molecule has 0 bridgehead atoms. The number of anilines is 1. The van der Waals surface area contributed by atoms with Crippen LogP contribution in [0.4, 0.5) is 5.69 Å². The molecule has 0 radical (unpaired) electrons. The molecule has 5 nitrogen and oxygen atoms in total. The second-order valence-electron chi connectivity index (χ2n) is 3.38. The summed E-state index contributed by atoms with van der Waals surface area (Å²) >= 11 is 1.49. The van der Waals surface area contributed by atoms with Gasteiger partial charge in [0.05, 0.1) is 16.9 Å². The lowest BCUT2D eigenvalue weighted by atomic mass is 10.4. The highest BCUT2D eigenvalue weighted by Gasteiger charge is 2.13. The van der Waals surface area contributed by atoms with Gasteiger partial charge in [0.25, 0.3) is 10.0 Å². The van der Waals surface area contributed by atoms with Gasteiger partial charge in [-0.15, -0.1) is 11.8 Å². The molecule has 0 atom stereocenters. The van der Waals surface area contributed by atoms with Crippen LogP contribution in [-0.4, -0.2) is 24.6 Å². The number of nitrogens with zero attached hydrogens (tertiary/aromatic N) is 2. The number of hydrogen-bond donors (Lipinski definition) is 1. The molecule has 7 heteroatoms. The number of nitrogens with one attached hydrogen (secondary N) is 1. The van der Waals surface area contributed by atoms with Gasteiger partial charge in [-0.1, -0.05) is 0 Å². The molecule has 0 aliphatic heterocycles. The molecular formula is C11H11N3O2S2. The third kappa shape index (κ3) is 2.99. The zero-order valence-electron chi connectivity index (χ0n) is 9.57. The zero-order valence-corrected chi connectivity index (χ0v) is 11.2. The number of thioether (sulfide) groups is 1. The summed E-state index contributed by atoms with van der Waals surface area (Å²) in [5.74, 6) is 0. The predicted molar refractivity (Wildman–Crippen MR) is 71.1 cm³/mol. The van der Waals surface area contributed by atoms with Crippen LogP contribution in [0.3, 0.4) is 0 Å². The molecule has 0 spiro atoms. The number of hydrogen-bond acceptors (Lipinski definition) is 5. The molecule has 2 heterocycles. The maximum Gasteiger partial charge on any atom is 0.263 e. The van der Waals surface area contributed by atoms with Crippen LogP contribution < -0.4 is 4.72 Å². The van der Waals surface area contributed by atoms with Gasteiger partial charge in [-0.05, 0) is 30.5 Å². The summed E-state index contributed by atoms with van der Waals surface area (Å²) in [5, 5.41) is 0.833. The fourth-order valence-corrected chi connectivity index (χ4v) is 2.65. The molecule has 2 aromatic heterocycles. The van der Waals surface area contributed by atoms with Crippen molar-refractivity contribution >= 4 is 27.5 Å². The summed E-state index contributed by atoms with van der Waals surface area (Å²) in [6.45, 7) is 0. The molecule has 0 unspecified atom stereocenters. The van der Waals surface area contributed by atoms with Crippen molar-refractivity contribution in [3.05, 3.63) is 42.9 Å². The first-order chi connectivity index (χ1) is 8.62. The lowest BCUT2D eigenvalue weighted by molar-refractivity contribution is 0.601. The first-order valence-corrected chi connectivity index (χ1v) is 7.75. The Balaban J connectivity index is 2.22. The van der Waals surface area contributed by atoms with Crippen LogP contribution in [0.25, 0.3) is 0 Å². The first kappa shape index (κ1) is 12.8. The van der Waals surface area contributed by atoms with Gasteiger partial charge in [0, 0.05) is 12.4 Å². The Morgan fingerprint density at radius 2 is 2.06 bits per heavy atom. The van der Waals surface area contributed by atoms with Crippen molar-refractivity contribution in [2.45, 2.75) is 9.92 Å². The van der Waals surface area contributed by atoms with Crippen molar-refractivity contribution < 1.29 is 8.42 Å². The standard InChI is InChI=1S/C11H11N3O2S2/c1-17-11-5-4-9(7-13-11)14-18(15,16)10-3-2-6-12-8-10/h2-8,14H,1H3. The molecule has 0 aromatic carbocycles. The Morgan fingerprint density at radius 1 is 1.22 bits per heavy atom. The Bertz CT molecular complexity index is 612. The molecule has 0 aliphatic carbocycles. The number of rotatable bonds is 4. The fraction of sp³-hybridized carbons (Fsp3) is 0.0909. The molecule has 94 valence electrons. The summed E-state index contributed by atoms with van der Waals surface area (Å²) in [7, 11) is -3.59. The molecule has 0 saturated heterocycles. The van der Waals surface area contributed by atoms with Gasteiger partial charge in [-0.25, -0.2) is 13.4 Å². The monoisotopic (exact) mass is 281 g/mol. The second kappa shape index (κ2) is 5.36. The van der Waals surface area contributed by atoms with Gasteiger partial charge in [0.15, 0.2) is 0 Å². The van der Waals surface area contributed by atoms with Crippen molar-refractivity contribution in [1.82, 2.24) is 9.97 Å². The highest BCUT2D eigenvalue weighted by Crippen LogP contribution is 2.17. The second-order valence-corrected chi connectivity index (χ2v) is 5.89. The predicted octanol–water partition coefficient (Wildman–Crippen LogP) is 2.00. The molecule has 1 N–H and O–H groups in total. The van der Waals surface area contributed by atoms with E-state index in [-0.39, 0.29) is 4.90 Å². The van der Waals surface area contributed by atoms with E-state index in [1.54, 1.807) is 18.2 Å². The van der Waals surface area contributed by atoms with Gasteiger partial charge >= 0.3 is 0 Å². The van der Waals surface area contributed by atoms with E-state index in [2.05, 4.69) is 14.7 Å².